The highest BCUT2D eigenvalue weighted by atomic mass is 32.2. The molecule has 0 saturated heterocycles. The molecule has 2 unspecified atom stereocenters. The normalized spacial score (nSPS) is 25.4. The van der Waals surface area contributed by atoms with E-state index < -0.39 is 10.0 Å². The molecule has 84 valence electrons. The quantitative estimate of drug-likeness (QED) is 0.785. The molecular formula is C7H12N4O2S2. The maximum absolute atomic E-state index is 11.6. The van der Waals surface area contributed by atoms with Crippen molar-refractivity contribution in [2.45, 2.75) is 17.7 Å². The Labute approximate surface area is 91.9 Å². The fourth-order valence-electron chi connectivity index (χ4n) is 1.29. The van der Waals surface area contributed by atoms with Gasteiger partial charge in [0.1, 0.15) is 0 Å². The van der Waals surface area contributed by atoms with E-state index in [9.17, 15) is 8.42 Å². The van der Waals surface area contributed by atoms with Crippen LogP contribution in [0.1, 0.15) is 13.3 Å². The van der Waals surface area contributed by atoms with E-state index in [1.54, 1.807) is 0 Å². The van der Waals surface area contributed by atoms with E-state index in [0.29, 0.717) is 18.4 Å². The van der Waals surface area contributed by atoms with Crippen LogP contribution in [0.3, 0.4) is 0 Å². The second-order valence-electron chi connectivity index (χ2n) is 3.73. The molecule has 15 heavy (non-hydrogen) atoms. The Kier molecular flexibility index (Phi) is 2.65. The zero-order valence-electron chi connectivity index (χ0n) is 8.17. The Morgan fingerprint density at radius 3 is 2.73 bits per heavy atom. The molecule has 0 aliphatic heterocycles. The molecule has 2 rings (SSSR count). The van der Waals surface area contributed by atoms with Gasteiger partial charge in [-0.2, -0.15) is 0 Å². The maximum atomic E-state index is 11.6. The van der Waals surface area contributed by atoms with Crippen LogP contribution in [-0.4, -0.2) is 25.2 Å². The third kappa shape index (κ3) is 2.44. The van der Waals surface area contributed by atoms with Crippen LogP contribution < -0.4 is 10.5 Å². The Balaban J connectivity index is 2.00. The molecule has 0 spiro atoms. The number of hydrogen-bond donors (Lipinski definition) is 2. The first kappa shape index (κ1) is 10.8. The number of anilines is 1. The van der Waals surface area contributed by atoms with Crippen LogP contribution in [0.15, 0.2) is 4.34 Å². The van der Waals surface area contributed by atoms with E-state index in [2.05, 4.69) is 21.8 Å². The molecule has 1 aliphatic rings. The Hall–Kier alpha value is -0.730. The predicted molar refractivity (Wildman–Crippen MR) is 56.8 cm³/mol. The second-order valence-corrected chi connectivity index (χ2v) is 6.68. The van der Waals surface area contributed by atoms with Gasteiger partial charge in [-0.1, -0.05) is 18.3 Å². The maximum Gasteiger partial charge on any atom is 0.269 e. The zero-order chi connectivity index (χ0) is 11.1. The molecule has 1 aromatic heterocycles. The van der Waals surface area contributed by atoms with Crippen molar-refractivity contribution < 1.29 is 8.42 Å². The lowest BCUT2D eigenvalue weighted by Gasteiger charge is -2.01. The fraction of sp³-hybridized carbons (Fsp3) is 0.714. The highest BCUT2D eigenvalue weighted by Crippen LogP contribution is 2.37. The van der Waals surface area contributed by atoms with Crippen molar-refractivity contribution >= 4 is 26.5 Å². The van der Waals surface area contributed by atoms with Crippen LogP contribution in [0.4, 0.5) is 5.13 Å². The van der Waals surface area contributed by atoms with Crippen molar-refractivity contribution in [1.29, 1.82) is 0 Å². The van der Waals surface area contributed by atoms with Gasteiger partial charge in [0.05, 0.1) is 0 Å². The second kappa shape index (κ2) is 3.69. The lowest BCUT2D eigenvalue weighted by Crippen LogP contribution is -2.26. The molecule has 1 saturated carbocycles. The molecule has 1 aliphatic carbocycles. The van der Waals surface area contributed by atoms with Crippen molar-refractivity contribution in [2.75, 3.05) is 12.3 Å². The first-order valence-corrected chi connectivity index (χ1v) is 6.87. The van der Waals surface area contributed by atoms with Crippen molar-refractivity contribution in [1.82, 2.24) is 14.9 Å². The smallest absolute Gasteiger partial charge is 0.269 e. The van der Waals surface area contributed by atoms with Gasteiger partial charge in [0.15, 0.2) is 0 Å². The summed E-state index contributed by atoms with van der Waals surface area (Å²) in [5, 5.41) is 7.13. The molecule has 1 heterocycles. The van der Waals surface area contributed by atoms with E-state index in [0.717, 1.165) is 17.8 Å². The van der Waals surface area contributed by atoms with Gasteiger partial charge in [-0.05, 0) is 18.3 Å². The van der Waals surface area contributed by atoms with Gasteiger partial charge in [-0.15, -0.1) is 10.2 Å². The van der Waals surface area contributed by atoms with Crippen LogP contribution in [0.2, 0.25) is 0 Å². The lowest BCUT2D eigenvalue weighted by molar-refractivity contribution is 0.572. The van der Waals surface area contributed by atoms with Gasteiger partial charge >= 0.3 is 0 Å². The summed E-state index contributed by atoms with van der Waals surface area (Å²) < 4.78 is 25.7. The van der Waals surface area contributed by atoms with E-state index >= 15 is 0 Å². The van der Waals surface area contributed by atoms with Crippen LogP contribution in [-0.2, 0) is 10.0 Å². The minimum atomic E-state index is -3.50. The molecule has 8 heteroatoms. The Morgan fingerprint density at radius 2 is 2.27 bits per heavy atom. The van der Waals surface area contributed by atoms with Gasteiger partial charge < -0.3 is 5.73 Å². The molecule has 3 N–H and O–H groups in total. The van der Waals surface area contributed by atoms with E-state index in [1.165, 1.54) is 0 Å². The van der Waals surface area contributed by atoms with Crippen LogP contribution >= 0.6 is 11.3 Å². The molecule has 6 nitrogen and oxygen atoms in total. The van der Waals surface area contributed by atoms with Crippen LogP contribution in [0.5, 0.6) is 0 Å². The molecule has 0 radical (unpaired) electrons. The Bertz CT molecular complexity index is 455. The van der Waals surface area contributed by atoms with Crippen LogP contribution in [0, 0.1) is 11.8 Å². The summed E-state index contributed by atoms with van der Waals surface area (Å²) in [5.41, 5.74) is 5.32. The van der Waals surface area contributed by atoms with Gasteiger partial charge in [-0.25, -0.2) is 13.1 Å². The number of sulfonamides is 1. The summed E-state index contributed by atoms with van der Waals surface area (Å²) in [7, 11) is -3.50. The predicted octanol–water partition coefficient (Wildman–Crippen LogP) is 0.0546. The van der Waals surface area contributed by atoms with Gasteiger partial charge in [0, 0.05) is 6.54 Å². The summed E-state index contributed by atoms with van der Waals surface area (Å²) in [4.78, 5) is 0. The van der Waals surface area contributed by atoms with Gasteiger partial charge in [0.2, 0.25) is 9.47 Å². The number of nitrogens with two attached hydrogens (primary N) is 1. The molecule has 2 atom stereocenters. The lowest BCUT2D eigenvalue weighted by atomic mass is 10.3. The first-order valence-electron chi connectivity index (χ1n) is 4.57. The highest BCUT2D eigenvalue weighted by molar-refractivity contribution is 7.91. The van der Waals surface area contributed by atoms with E-state index in [-0.39, 0.29) is 9.47 Å². The average Bonchev–Trinajstić information content (AvgIpc) is 2.66. The van der Waals surface area contributed by atoms with E-state index in [1.807, 2.05) is 0 Å². The third-order valence-electron chi connectivity index (χ3n) is 2.46. The molecule has 0 amide bonds. The molecule has 1 aromatic rings. The number of nitrogens with zero attached hydrogens (tertiary/aromatic N) is 2. The zero-order valence-corrected chi connectivity index (χ0v) is 9.81. The SMILES string of the molecule is CC1CC1CNS(=O)(=O)c1nnc(N)s1. The first-order chi connectivity index (χ1) is 6.99. The van der Waals surface area contributed by atoms with Crippen molar-refractivity contribution in [2.24, 2.45) is 11.8 Å². The number of nitrogens with one attached hydrogen (secondary N) is 1. The molecule has 0 bridgehead atoms. The summed E-state index contributed by atoms with van der Waals surface area (Å²) in [6, 6.07) is 0. The summed E-state index contributed by atoms with van der Waals surface area (Å²) >= 11 is 0.873. The van der Waals surface area contributed by atoms with Crippen molar-refractivity contribution in [3.8, 4) is 0 Å². The highest BCUT2D eigenvalue weighted by Gasteiger charge is 2.33. The Morgan fingerprint density at radius 1 is 1.60 bits per heavy atom. The summed E-state index contributed by atoms with van der Waals surface area (Å²) in [6.07, 6.45) is 1.08. The molecule has 1 fully saturated rings. The minimum Gasteiger partial charge on any atom is -0.374 e. The minimum absolute atomic E-state index is 0.0618. The number of nitrogen functional groups attached to an aromatic ring is 1. The van der Waals surface area contributed by atoms with E-state index in [4.69, 9.17) is 5.73 Å². The van der Waals surface area contributed by atoms with Crippen LogP contribution in [0.25, 0.3) is 0 Å². The largest absolute Gasteiger partial charge is 0.374 e. The standard InChI is InChI=1S/C7H12N4O2S2/c1-4-2-5(4)3-9-15(12,13)7-11-10-6(8)14-7/h4-5,9H,2-3H2,1H3,(H2,8,10). The summed E-state index contributed by atoms with van der Waals surface area (Å²) in [5.74, 6) is 1.08. The number of rotatable bonds is 4. The monoisotopic (exact) mass is 248 g/mol. The average molecular weight is 248 g/mol. The molecular weight excluding hydrogens is 236 g/mol. The van der Waals surface area contributed by atoms with Crippen molar-refractivity contribution in [3.63, 3.8) is 0 Å². The number of hydrogen-bond acceptors (Lipinski definition) is 6. The molecule has 0 aromatic carbocycles. The van der Waals surface area contributed by atoms with Gasteiger partial charge in [0.25, 0.3) is 10.0 Å². The van der Waals surface area contributed by atoms with Gasteiger partial charge in [-0.3, -0.25) is 0 Å². The number of aromatic nitrogens is 2. The fourth-order valence-corrected chi connectivity index (χ4v) is 3.21. The van der Waals surface area contributed by atoms with Crippen molar-refractivity contribution in [3.05, 3.63) is 0 Å². The summed E-state index contributed by atoms with van der Waals surface area (Å²) in [6.45, 7) is 2.57. The third-order valence-corrected chi connectivity index (χ3v) is 5.01. The topological polar surface area (TPSA) is 98.0 Å².